The van der Waals surface area contributed by atoms with Crippen LogP contribution in [-0.4, -0.2) is 54.8 Å². The highest BCUT2D eigenvalue weighted by Gasteiger charge is 2.29. The normalized spacial score (nSPS) is 12.9. The van der Waals surface area contributed by atoms with Crippen LogP contribution < -0.4 is 0 Å². The Morgan fingerprint density at radius 1 is 0.537 bits per heavy atom. The second-order valence-corrected chi connectivity index (χ2v) is 15.9. The van der Waals surface area contributed by atoms with E-state index in [0.29, 0.717) is 25.8 Å². The lowest BCUT2D eigenvalue weighted by Crippen LogP contribution is -2.43. The van der Waals surface area contributed by atoms with E-state index >= 15 is 0 Å². The van der Waals surface area contributed by atoms with Crippen molar-refractivity contribution in [3.8, 4) is 5.75 Å². The third-order valence-corrected chi connectivity index (χ3v) is 10.2. The van der Waals surface area contributed by atoms with Crippen LogP contribution in [0.15, 0.2) is 48.6 Å². The number of likely N-dealkylation sites (N-methyl/N-ethyl adjacent to an activating group) is 1. The van der Waals surface area contributed by atoms with Gasteiger partial charge in [-0.05, 0) is 96.0 Å². The van der Waals surface area contributed by atoms with Gasteiger partial charge in [0.1, 0.15) is 11.9 Å². The first kappa shape index (κ1) is 49.4. The monoisotopic (exact) mass is 754 g/mol. The van der Waals surface area contributed by atoms with Gasteiger partial charge < -0.3 is 19.5 Å². The van der Waals surface area contributed by atoms with Crippen LogP contribution in [0.3, 0.4) is 0 Å². The summed E-state index contributed by atoms with van der Waals surface area (Å²) in [4.78, 5) is 28.1. The molecule has 1 aromatic carbocycles. The Labute approximate surface area is 332 Å². The smallest absolute Gasteiger partial charge is 0.306 e. The van der Waals surface area contributed by atoms with Crippen LogP contribution in [0.1, 0.15) is 199 Å². The first-order valence-corrected chi connectivity index (χ1v) is 22.5. The molecule has 54 heavy (non-hydrogen) atoms. The molecule has 0 aliphatic carbocycles. The fraction of sp³-hybridized carbons (Fsp3) is 0.750. The van der Waals surface area contributed by atoms with E-state index < -0.39 is 12.2 Å². The Bertz CT molecular complexity index is 1070. The Morgan fingerprint density at radius 3 is 1.28 bits per heavy atom. The highest BCUT2D eigenvalue weighted by Crippen LogP contribution is 2.19. The van der Waals surface area contributed by atoms with Crippen molar-refractivity contribution in [3.63, 3.8) is 0 Å². The molecule has 0 fully saturated rings. The van der Waals surface area contributed by atoms with E-state index in [1.807, 2.05) is 31.1 Å². The molecule has 1 N–H and O–H groups in total. The van der Waals surface area contributed by atoms with Gasteiger partial charge in [0.05, 0.1) is 0 Å². The van der Waals surface area contributed by atoms with Crippen LogP contribution in [0.2, 0.25) is 0 Å². The second kappa shape index (κ2) is 36.1. The summed E-state index contributed by atoms with van der Waals surface area (Å²) in [5, 5.41) is 9.81. The molecule has 0 saturated heterocycles. The number of hydrogen-bond donors (Lipinski definition) is 1. The van der Waals surface area contributed by atoms with Gasteiger partial charge in [-0.1, -0.05) is 153 Å². The zero-order chi connectivity index (χ0) is 39.3. The summed E-state index contributed by atoms with van der Waals surface area (Å²) in [7, 11) is 3.88. The lowest BCUT2D eigenvalue weighted by molar-refractivity contribution is -0.169. The van der Waals surface area contributed by atoms with Crippen molar-refractivity contribution >= 4 is 11.9 Å². The van der Waals surface area contributed by atoms with Crippen LogP contribution in [-0.2, 0) is 25.5 Å². The van der Waals surface area contributed by atoms with Gasteiger partial charge in [0.15, 0.2) is 6.10 Å². The zero-order valence-electron chi connectivity index (χ0n) is 35.5. The van der Waals surface area contributed by atoms with Crippen molar-refractivity contribution in [3.05, 3.63) is 54.1 Å². The van der Waals surface area contributed by atoms with Gasteiger partial charge in [-0.3, -0.25) is 9.59 Å². The number of phenolic OH excluding ortho intramolecular Hbond substituents is 1. The minimum absolute atomic E-state index is 0.188. The van der Waals surface area contributed by atoms with Gasteiger partial charge in [-0.15, -0.1) is 0 Å². The Kier molecular flexibility index (Phi) is 33.0. The molecule has 0 bridgehead atoms. The first-order valence-electron chi connectivity index (χ1n) is 22.5. The molecule has 6 nitrogen and oxygen atoms in total. The highest BCUT2D eigenvalue weighted by atomic mass is 16.6. The number of benzene rings is 1. The fourth-order valence-electron chi connectivity index (χ4n) is 6.84. The summed E-state index contributed by atoms with van der Waals surface area (Å²) in [6.45, 7) is 4.99. The van der Waals surface area contributed by atoms with Gasteiger partial charge in [0.25, 0.3) is 0 Å². The maximum absolute atomic E-state index is 13.1. The number of rotatable bonds is 37. The van der Waals surface area contributed by atoms with Crippen LogP contribution in [0, 0.1) is 0 Å². The number of allylic oxidation sites excluding steroid dienone is 4. The average Bonchev–Trinajstić information content (AvgIpc) is 3.15. The van der Waals surface area contributed by atoms with Crippen LogP contribution >= 0.6 is 0 Å². The Morgan fingerprint density at radius 2 is 0.889 bits per heavy atom. The molecule has 0 amide bonds. The number of esters is 2. The summed E-state index contributed by atoms with van der Waals surface area (Å²) in [6.07, 6.45) is 40.8. The summed E-state index contributed by atoms with van der Waals surface area (Å²) >= 11 is 0. The summed E-state index contributed by atoms with van der Waals surface area (Å²) in [5.74, 6) is -0.287. The molecule has 310 valence electrons. The molecule has 1 rings (SSSR count). The maximum Gasteiger partial charge on any atom is 0.306 e. The summed E-state index contributed by atoms with van der Waals surface area (Å²) in [5.41, 5.74) is 0.920. The van der Waals surface area contributed by atoms with E-state index in [0.717, 1.165) is 56.9 Å². The van der Waals surface area contributed by atoms with Gasteiger partial charge in [-0.2, -0.15) is 0 Å². The molecule has 2 unspecified atom stereocenters. The molecule has 0 radical (unpaired) electrons. The number of phenols is 1. The predicted molar refractivity (Wildman–Crippen MR) is 229 cm³/mol. The lowest BCUT2D eigenvalue weighted by atomic mass is 10.0. The molecule has 0 spiro atoms. The fourth-order valence-corrected chi connectivity index (χ4v) is 6.84. The molecule has 0 saturated carbocycles. The first-order chi connectivity index (χ1) is 26.3. The molecular formula is C48H83NO5. The Balaban J connectivity index is 2.43. The highest BCUT2D eigenvalue weighted by molar-refractivity contribution is 5.70. The average molecular weight is 754 g/mol. The van der Waals surface area contributed by atoms with E-state index in [9.17, 15) is 14.7 Å². The SMILES string of the molecule is CCCCCCCC/C=C\CCCCCCCC(=O)OC(Cc1ccc(O)cc1)C(CN(C)C)OC(=O)CCCCCCC/C=C\CCCCCCCC. The summed E-state index contributed by atoms with van der Waals surface area (Å²) < 4.78 is 12.1. The van der Waals surface area contributed by atoms with Crippen molar-refractivity contribution in [1.82, 2.24) is 4.90 Å². The molecule has 0 aliphatic rings. The maximum atomic E-state index is 13.1. The molecule has 2 atom stereocenters. The minimum atomic E-state index is -0.606. The minimum Gasteiger partial charge on any atom is -0.508 e. The lowest BCUT2D eigenvalue weighted by Gasteiger charge is -2.29. The molecule has 0 aliphatic heterocycles. The third-order valence-electron chi connectivity index (χ3n) is 10.2. The quantitative estimate of drug-likeness (QED) is 0.0414. The van der Waals surface area contributed by atoms with E-state index in [4.69, 9.17) is 9.47 Å². The number of ether oxygens (including phenoxy) is 2. The standard InChI is InChI=1S/C48H83NO5/c1-5-7-9-11-13-15-17-19-21-23-25-27-29-31-33-35-47(51)53-45(41-43-37-39-44(50)40-38-43)46(42-49(3)4)54-48(52)36-34-32-30-28-26-24-22-20-18-16-14-12-10-8-6-2/h19-22,37-40,45-46,50H,5-18,23-36,41-42H2,1-4H3/b21-19-,22-20-. The Hall–Kier alpha value is -2.60. The molecule has 0 aromatic heterocycles. The number of carbonyl (C=O) groups is 2. The van der Waals surface area contributed by atoms with E-state index in [2.05, 4.69) is 38.2 Å². The zero-order valence-corrected chi connectivity index (χ0v) is 35.5. The van der Waals surface area contributed by atoms with Crippen molar-refractivity contribution in [2.24, 2.45) is 0 Å². The predicted octanol–water partition coefficient (Wildman–Crippen LogP) is 13.4. The van der Waals surface area contributed by atoms with Gasteiger partial charge in [-0.25, -0.2) is 0 Å². The third kappa shape index (κ3) is 30.7. The van der Waals surface area contributed by atoms with E-state index in [1.165, 1.54) is 116 Å². The van der Waals surface area contributed by atoms with Crippen molar-refractivity contribution in [2.45, 2.75) is 212 Å². The van der Waals surface area contributed by atoms with Crippen LogP contribution in [0.25, 0.3) is 0 Å². The van der Waals surface area contributed by atoms with Gasteiger partial charge >= 0.3 is 11.9 Å². The van der Waals surface area contributed by atoms with Gasteiger partial charge in [0.2, 0.25) is 0 Å². The van der Waals surface area contributed by atoms with Crippen molar-refractivity contribution in [2.75, 3.05) is 20.6 Å². The second-order valence-electron chi connectivity index (χ2n) is 15.9. The van der Waals surface area contributed by atoms with Crippen molar-refractivity contribution in [1.29, 1.82) is 0 Å². The molecule has 1 aromatic rings. The number of aromatic hydroxyl groups is 1. The topological polar surface area (TPSA) is 76.1 Å². The molecular weight excluding hydrogens is 671 g/mol. The van der Waals surface area contributed by atoms with E-state index in [-0.39, 0.29) is 17.7 Å². The summed E-state index contributed by atoms with van der Waals surface area (Å²) in [6, 6.07) is 6.94. The number of unbranched alkanes of at least 4 members (excludes halogenated alkanes) is 22. The van der Waals surface area contributed by atoms with E-state index in [1.54, 1.807) is 12.1 Å². The van der Waals surface area contributed by atoms with Crippen LogP contribution in [0.4, 0.5) is 0 Å². The number of carbonyl (C=O) groups excluding carboxylic acids is 2. The number of nitrogens with zero attached hydrogens (tertiary/aromatic N) is 1. The largest absolute Gasteiger partial charge is 0.508 e. The van der Waals surface area contributed by atoms with Crippen LogP contribution in [0.5, 0.6) is 5.75 Å². The molecule has 6 heteroatoms. The molecule has 0 heterocycles. The van der Waals surface area contributed by atoms with Crippen molar-refractivity contribution < 1.29 is 24.2 Å². The number of hydrogen-bond acceptors (Lipinski definition) is 6. The van der Waals surface area contributed by atoms with Gasteiger partial charge in [0, 0.05) is 25.8 Å².